The number of nitrogens with zero attached hydrogens (tertiary/aromatic N) is 1. The average molecular weight is 332 g/mol. The fourth-order valence-electron chi connectivity index (χ4n) is 2.19. The van der Waals surface area contributed by atoms with E-state index < -0.39 is 0 Å². The summed E-state index contributed by atoms with van der Waals surface area (Å²) < 4.78 is 0.758. The number of carbonyl (C=O) groups is 1. The maximum Gasteiger partial charge on any atom is 0.253 e. The first kappa shape index (κ1) is 13.8. The predicted octanol–water partition coefficient (Wildman–Crippen LogP) is 2.93. The van der Waals surface area contributed by atoms with E-state index in [1.165, 1.54) is 0 Å². The molecule has 1 aromatic rings. The topological polar surface area (TPSA) is 32.3 Å². The summed E-state index contributed by atoms with van der Waals surface area (Å²) in [6.07, 6.45) is 2.02. The van der Waals surface area contributed by atoms with Crippen LogP contribution in [0.25, 0.3) is 0 Å². The Bertz CT molecular complexity index is 447. The highest BCUT2D eigenvalue weighted by Gasteiger charge is 2.23. The number of carbonyl (C=O) groups excluding carboxylic acids is 1. The minimum Gasteiger partial charge on any atom is -0.339 e. The number of hydrogen-bond acceptors (Lipinski definition) is 2. The van der Waals surface area contributed by atoms with Crippen molar-refractivity contribution in [2.75, 3.05) is 20.1 Å². The number of nitrogens with one attached hydrogen (secondary N) is 1. The standard InChI is InChI=1S/C13H16BrClN2O/c1-17(10-4-6-16-7-5-10)13(18)9-2-3-12(15)11(14)8-9/h2-3,8,10,16H,4-7H2,1H3. The summed E-state index contributed by atoms with van der Waals surface area (Å²) in [5, 5.41) is 3.92. The van der Waals surface area contributed by atoms with Gasteiger partial charge in [0, 0.05) is 23.1 Å². The van der Waals surface area contributed by atoms with Crippen molar-refractivity contribution in [3.8, 4) is 0 Å². The monoisotopic (exact) mass is 330 g/mol. The first-order valence-electron chi connectivity index (χ1n) is 6.02. The fraction of sp³-hybridized carbons (Fsp3) is 0.462. The molecule has 2 rings (SSSR count). The van der Waals surface area contributed by atoms with Crippen LogP contribution in [0.2, 0.25) is 5.02 Å². The van der Waals surface area contributed by atoms with Crippen molar-refractivity contribution in [3.05, 3.63) is 33.3 Å². The van der Waals surface area contributed by atoms with E-state index in [-0.39, 0.29) is 5.91 Å². The molecule has 3 nitrogen and oxygen atoms in total. The van der Waals surface area contributed by atoms with Crippen molar-refractivity contribution >= 4 is 33.4 Å². The van der Waals surface area contributed by atoms with Crippen molar-refractivity contribution in [2.24, 2.45) is 0 Å². The molecular weight excluding hydrogens is 316 g/mol. The second-order valence-electron chi connectivity index (χ2n) is 4.53. The lowest BCUT2D eigenvalue weighted by Crippen LogP contribution is -2.43. The summed E-state index contributed by atoms with van der Waals surface area (Å²) in [4.78, 5) is 14.2. The molecule has 1 fully saturated rings. The van der Waals surface area contributed by atoms with E-state index in [1.807, 2.05) is 11.9 Å². The number of benzene rings is 1. The molecule has 1 saturated heterocycles. The maximum atomic E-state index is 12.3. The van der Waals surface area contributed by atoms with Gasteiger partial charge in [0.1, 0.15) is 0 Å². The number of piperidine rings is 1. The minimum atomic E-state index is 0.0549. The zero-order valence-electron chi connectivity index (χ0n) is 10.2. The van der Waals surface area contributed by atoms with Gasteiger partial charge in [-0.05, 0) is 60.1 Å². The molecule has 98 valence electrons. The summed E-state index contributed by atoms with van der Waals surface area (Å²) >= 11 is 9.28. The third kappa shape index (κ3) is 3.05. The van der Waals surface area contributed by atoms with Crippen LogP contribution in [0.1, 0.15) is 23.2 Å². The average Bonchev–Trinajstić information content (AvgIpc) is 2.41. The van der Waals surface area contributed by atoms with Gasteiger partial charge in [0.05, 0.1) is 5.02 Å². The fourth-order valence-corrected chi connectivity index (χ4v) is 2.69. The van der Waals surface area contributed by atoms with Crippen LogP contribution in [0.3, 0.4) is 0 Å². The molecule has 0 aliphatic carbocycles. The first-order chi connectivity index (χ1) is 8.59. The quantitative estimate of drug-likeness (QED) is 0.904. The smallest absolute Gasteiger partial charge is 0.253 e. The molecule has 0 atom stereocenters. The number of halogens is 2. The molecule has 1 aliphatic rings. The van der Waals surface area contributed by atoms with Crippen LogP contribution in [0.5, 0.6) is 0 Å². The zero-order valence-corrected chi connectivity index (χ0v) is 12.6. The Labute approximate surface area is 121 Å². The van der Waals surface area contributed by atoms with Crippen LogP contribution in [-0.4, -0.2) is 37.0 Å². The summed E-state index contributed by atoms with van der Waals surface area (Å²) in [5.74, 6) is 0.0549. The molecule has 1 aliphatic heterocycles. The second-order valence-corrected chi connectivity index (χ2v) is 5.79. The van der Waals surface area contributed by atoms with E-state index >= 15 is 0 Å². The van der Waals surface area contributed by atoms with E-state index in [2.05, 4.69) is 21.2 Å². The number of amides is 1. The second kappa shape index (κ2) is 6.04. The Hall–Kier alpha value is -0.580. The lowest BCUT2D eigenvalue weighted by molar-refractivity contribution is 0.0703. The van der Waals surface area contributed by atoms with Gasteiger partial charge in [0.15, 0.2) is 0 Å². The molecule has 1 aromatic carbocycles. The molecule has 18 heavy (non-hydrogen) atoms. The van der Waals surface area contributed by atoms with Gasteiger partial charge in [0.25, 0.3) is 5.91 Å². The molecule has 5 heteroatoms. The van der Waals surface area contributed by atoms with E-state index in [0.29, 0.717) is 16.6 Å². The van der Waals surface area contributed by atoms with Crippen molar-refractivity contribution in [1.82, 2.24) is 10.2 Å². The van der Waals surface area contributed by atoms with E-state index in [0.717, 1.165) is 30.4 Å². The van der Waals surface area contributed by atoms with E-state index in [9.17, 15) is 4.79 Å². The van der Waals surface area contributed by atoms with Crippen molar-refractivity contribution < 1.29 is 4.79 Å². The van der Waals surface area contributed by atoms with Crippen LogP contribution >= 0.6 is 27.5 Å². The molecule has 0 saturated carbocycles. The van der Waals surface area contributed by atoms with E-state index in [1.54, 1.807) is 18.2 Å². The van der Waals surface area contributed by atoms with Crippen LogP contribution in [-0.2, 0) is 0 Å². The van der Waals surface area contributed by atoms with Crippen LogP contribution in [0, 0.1) is 0 Å². The summed E-state index contributed by atoms with van der Waals surface area (Å²) in [5.41, 5.74) is 0.673. The maximum absolute atomic E-state index is 12.3. The zero-order chi connectivity index (χ0) is 13.1. The lowest BCUT2D eigenvalue weighted by Gasteiger charge is -2.31. The van der Waals surface area contributed by atoms with Crippen LogP contribution in [0.15, 0.2) is 22.7 Å². The molecule has 0 radical (unpaired) electrons. The highest BCUT2D eigenvalue weighted by Crippen LogP contribution is 2.24. The van der Waals surface area contributed by atoms with Gasteiger partial charge in [-0.1, -0.05) is 11.6 Å². The lowest BCUT2D eigenvalue weighted by atomic mass is 10.0. The minimum absolute atomic E-state index is 0.0549. The van der Waals surface area contributed by atoms with Crippen LogP contribution in [0.4, 0.5) is 0 Å². The van der Waals surface area contributed by atoms with Crippen molar-refractivity contribution in [2.45, 2.75) is 18.9 Å². The van der Waals surface area contributed by atoms with Gasteiger partial charge in [0.2, 0.25) is 0 Å². The van der Waals surface area contributed by atoms with Gasteiger partial charge >= 0.3 is 0 Å². The Morgan fingerprint density at radius 3 is 2.72 bits per heavy atom. The van der Waals surface area contributed by atoms with Crippen molar-refractivity contribution in [3.63, 3.8) is 0 Å². The molecule has 1 heterocycles. The Balaban J connectivity index is 2.11. The Kier molecular flexibility index (Phi) is 4.65. The molecule has 0 aromatic heterocycles. The summed E-state index contributed by atoms with van der Waals surface area (Å²) in [6, 6.07) is 5.62. The molecule has 0 bridgehead atoms. The van der Waals surface area contributed by atoms with Gasteiger partial charge in [-0.25, -0.2) is 0 Å². The first-order valence-corrected chi connectivity index (χ1v) is 7.19. The molecule has 0 unspecified atom stereocenters. The molecule has 1 N–H and O–H groups in total. The van der Waals surface area contributed by atoms with Gasteiger partial charge in [-0.15, -0.1) is 0 Å². The van der Waals surface area contributed by atoms with Gasteiger partial charge < -0.3 is 10.2 Å². The molecular formula is C13H16BrClN2O. The summed E-state index contributed by atoms with van der Waals surface area (Å²) in [7, 11) is 1.88. The Morgan fingerprint density at radius 1 is 1.44 bits per heavy atom. The normalized spacial score (nSPS) is 16.6. The van der Waals surface area contributed by atoms with Crippen LogP contribution < -0.4 is 5.32 Å². The summed E-state index contributed by atoms with van der Waals surface area (Å²) in [6.45, 7) is 1.96. The third-order valence-corrected chi connectivity index (χ3v) is 4.56. The Morgan fingerprint density at radius 2 is 2.11 bits per heavy atom. The largest absolute Gasteiger partial charge is 0.339 e. The highest BCUT2D eigenvalue weighted by molar-refractivity contribution is 9.10. The SMILES string of the molecule is CN(C(=O)c1ccc(Cl)c(Br)c1)C1CCNCC1. The number of rotatable bonds is 2. The third-order valence-electron chi connectivity index (χ3n) is 3.34. The number of hydrogen-bond donors (Lipinski definition) is 1. The molecule has 0 spiro atoms. The highest BCUT2D eigenvalue weighted by atomic mass is 79.9. The molecule has 1 amide bonds. The van der Waals surface area contributed by atoms with Crippen molar-refractivity contribution in [1.29, 1.82) is 0 Å². The van der Waals surface area contributed by atoms with E-state index in [4.69, 9.17) is 11.6 Å². The van der Waals surface area contributed by atoms with Gasteiger partial charge in [-0.2, -0.15) is 0 Å². The van der Waals surface area contributed by atoms with Gasteiger partial charge in [-0.3, -0.25) is 4.79 Å². The predicted molar refractivity (Wildman–Crippen MR) is 77.1 cm³/mol.